The highest BCUT2D eigenvalue weighted by Crippen LogP contribution is 2.50. The molecule has 0 spiro atoms. The zero-order chi connectivity index (χ0) is 15.4. The highest BCUT2D eigenvalue weighted by Gasteiger charge is 2.35. The average Bonchev–Trinajstić information content (AvgIpc) is 3.08. The fraction of sp³-hybridized carbons (Fsp3) is 0.900. The van der Waals surface area contributed by atoms with E-state index in [-0.39, 0.29) is 7.92 Å². The topological polar surface area (TPSA) is 0 Å². The summed E-state index contributed by atoms with van der Waals surface area (Å²) in [6, 6.07) is 0. The van der Waals surface area contributed by atoms with Gasteiger partial charge >= 0.3 is 0 Å². The molecule has 0 aliphatic heterocycles. The molecule has 2 fully saturated rings. The second kappa shape index (κ2) is 8.14. The Morgan fingerprint density at radius 2 is 1.71 bits per heavy atom. The van der Waals surface area contributed by atoms with E-state index in [0.717, 1.165) is 29.3 Å². The predicted octanol–water partition coefficient (Wildman–Crippen LogP) is 6.70. The summed E-state index contributed by atoms with van der Waals surface area (Å²) in [7, 11) is 0.161. The third-order valence-electron chi connectivity index (χ3n) is 6.11. The maximum Gasteiger partial charge on any atom is -0.0118 e. The minimum atomic E-state index is 0.161. The molecular weight excluding hydrogens is 271 g/mol. The number of allylic oxidation sites excluding steroid dienone is 1. The molecule has 4 atom stereocenters. The first kappa shape index (κ1) is 17.5. The van der Waals surface area contributed by atoms with Crippen molar-refractivity contribution in [3.63, 3.8) is 0 Å². The maximum absolute atomic E-state index is 4.16. The van der Waals surface area contributed by atoms with Crippen molar-refractivity contribution in [1.82, 2.24) is 0 Å². The van der Waals surface area contributed by atoms with Gasteiger partial charge in [-0.25, -0.2) is 0 Å². The molecule has 4 unspecified atom stereocenters. The summed E-state index contributed by atoms with van der Waals surface area (Å²) in [4.78, 5) is 0. The average molecular weight is 308 g/mol. The van der Waals surface area contributed by atoms with Crippen molar-refractivity contribution >= 4 is 7.92 Å². The van der Waals surface area contributed by atoms with Gasteiger partial charge in [0.2, 0.25) is 0 Å². The van der Waals surface area contributed by atoms with Crippen molar-refractivity contribution in [1.29, 1.82) is 0 Å². The monoisotopic (exact) mass is 308 g/mol. The van der Waals surface area contributed by atoms with E-state index in [9.17, 15) is 0 Å². The molecule has 0 N–H and O–H groups in total. The molecule has 2 aliphatic rings. The van der Waals surface area contributed by atoms with Crippen LogP contribution in [0.25, 0.3) is 0 Å². The van der Waals surface area contributed by atoms with E-state index >= 15 is 0 Å². The third-order valence-corrected chi connectivity index (χ3v) is 9.56. The van der Waals surface area contributed by atoms with Gasteiger partial charge in [-0.05, 0) is 67.8 Å². The van der Waals surface area contributed by atoms with Gasteiger partial charge in [0, 0.05) is 0 Å². The van der Waals surface area contributed by atoms with Crippen molar-refractivity contribution < 1.29 is 0 Å². The van der Waals surface area contributed by atoms with E-state index in [1.54, 1.807) is 25.7 Å². The fourth-order valence-corrected chi connectivity index (χ4v) is 7.40. The zero-order valence-electron chi connectivity index (χ0n) is 14.9. The van der Waals surface area contributed by atoms with Crippen LogP contribution in [-0.4, -0.2) is 18.0 Å². The van der Waals surface area contributed by atoms with Gasteiger partial charge in [-0.3, -0.25) is 0 Å². The minimum absolute atomic E-state index is 0.161. The van der Waals surface area contributed by atoms with E-state index < -0.39 is 0 Å². The normalized spacial score (nSPS) is 30.0. The van der Waals surface area contributed by atoms with Gasteiger partial charge in [0.15, 0.2) is 0 Å². The van der Waals surface area contributed by atoms with Gasteiger partial charge in [0.1, 0.15) is 0 Å². The molecule has 0 heterocycles. The highest BCUT2D eigenvalue weighted by molar-refractivity contribution is 7.58. The number of hydrogen-bond acceptors (Lipinski definition) is 0. The van der Waals surface area contributed by atoms with Gasteiger partial charge in [-0.1, -0.05) is 66.5 Å². The zero-order valence-corrected chi connectivity index (χ0v) is 15.8. The summed E-state index contributed by atoms with van der Waals surface area (Å²) in [6.07, 6.45) is 13.5. The lowest BCUT2D eigenvalue weighted by atomic mass is 9.86. The van der Waals surface area contributed by atoms with Crippen LogP contribution in [0.5, 0.6) is 0 Å². The second-order valence-corrected chi connectivity index (χ2v) is 11.2. The largest absolute Gasteiger partial charge is 0.0998 e. The van der Waals surface area contributed by atoms with Crippen LogP contribution in [0.4, 0.5) is 0 Å². The molecule has 2 rings (SSSR count). The van der Waals surface area contributed by atoms with Gasteiger partial charge in [0.05, 0.1) is 0 Å². The lowest BCUT2D eigenvalue weighted by molar-refractivity contribution is 0.314. The molecule has 0 nitrogen and oxygen atoms in total. The molecule has 0 saturated heterocycles. The Balaban J connectivity index is 1.82. The summed E-state index contributed by atoms with van der Waals surface area (Å²) in [6.45, 7) is 13.8. The van der Waals surface area contributed by atoms with Crippen molar-refractivity contribution in [2.45, 2.75) is 78.3 Å². The molecule has 122 valence electrons. The van der Waals surface area contributed by atoms with Crippen LogP contribution in [0.2, 0.25) is 0 Å². The summed E-state index contributed by atoms with van der Waals surface area (Å²) < 4.78 is 0. The number of hydrogen-bond donors (Lipinski definition) is 0. The Bertz CT molecular complexity index is 327. The molecular formula is C20H37P. The minimum Gasteiger partial charge on any atom is -0.0998 e. The van der Waals surface area contributed by atoms with Crippen LogP contribution in [0, 0.1) is 23.7 Å². The van der Waals surface area contributed by atoms with Crippen LogP contribution in [0.3, 0.4) is 0 Å². The Hall–Kier alpha value is 0.170. The molecule has 1 heteroatoms. The summed E-state index contributed by atoms with van der Waals surface area (Å²) >= 11 is 0. The Morgan fingerprint density at radius 3 is 2.29 bits per heavy atom. The lowest BCUT2D eigenvalue weighted by Crippen LogP contribution is -2.16. The first-order valence-electron chi connectivity index (χ1n) is 9.35. The van der Waals surface area contributed by atoms with Crippen molar-refractivity contribution in [3.8, 4) is 0 Å². The Kier molecular flexibility index (Phi) is 6.79. The van der Waals surface area contributed by atoms with Crippen LogP contribution in [-0.2, 0) is 0 Å². The van der Waals surface area contributed by atoms with Crippen LogP contribution in [0.1, 0.15) is 72.6 Å². The SMILES string of the molecule is C=C(C)CP(CC(C)C1CCC(C2CCCC2)C1)C(C)C. The van der Waals surface area contributed by atoms with Gasteiger partial charge in [-0.2, -0.15) is 0 Å². The molecule has 0 bridgehead atoms. The van der Waals surface area contributed by atoms with Crippen LogP contribution in [0.15, 0.2) is 12.2 Å². The molecule has 0 amide bonds. The van der Waals surface area contributed by atoms with E-state index in [0.29, 0.717) is 0 Å². The fourth-order valence-electron chi connectivity index (χ4n) is 4.75. The smallest absolute Gasteiger partial charge is 0.0118 e. The lowest BCUT2D eigenvalue weighted by Gasteiger charge is -2.29. The van der Waals surface area contributed by atoms with E-state index in [1.807, 2.05) is 0 Å². The first-order valence-corrected chi connectivity index (χ1v) is 11.1. The first-order chi connectivity index (χ1) is 9.97. The quantitative estimate of drug-likeness (QED) is 0.363. The summed E-state index contributed by atoms with van der Waals surface area (Å²) in [5.74, 6) is 4.17. The van der Waals surface area contributed by atoms with Crippen molar-refractivity contribution in [2.24, 2.45) is 23.7 Å². The van der Waals surface area contributed by atoms with Gasteiger partial charge < -0.3 is 0 Å². The van der Waals surface area contributed by atoms with E-state index in [2.05, 4.69) is 34.3 Å². The van der Waals surface area contributed by atoms with Crippen LogP contribution < -0.4 is 0 Å². The van der Waals surface area contributed by atoms with Gasteiger partial charge in [-0.15, -0.1) is 0 Å². The molecule has 2 saturated carbocycles. The van der Waals surface area contributed by atoms with Crippen molar-refractivity contribution in [2.75, 3.05) is 12.3 Å². The van der Waals surface area contributed by atoms with E-state index in [1.165, 1.54) is 37.2 Å². The standard InChI is InChI=1S/C20H37P/c1-15(2)13-21(16(3)4)14-17(5)19-10-11-20(12-19)18-8-6-7-9-18/h16-20H,1,6-14H2,2-5H3. The molecule has 0 radical (unpaired) electrons. The second-order valence-electron chi connectivity index (χ2n) is 8.34. The molecule has 0 aromatic heterocycles. The third kappa shape index (κ3) is 5.09. The van der Waals surface area contributed by atoms with Crippen molar-refractivity contribution in [3.05, 3.63) is 12.2 Å². The summed E-state index contributed by atoms with van der Waals surface area (Å²) in [5, 5.41) is 0. The van der Waals surface area contributed by atoms with Crippen LogP contribution >= 0.6 is 7.92 Å². The van der Waals surface area contributed by atoms with E-state index in [4.69, 9.17) is 0 Å². The molecule has 21 heavy (non-hydrogen) atoms. The Morgan fingerprint density at radius 1 is 1.05 bits per heavy atom. The predicted molar refractivity (Wildman–Crippen MR) is 98.6 cm³/mol. The highest BCUT2D eigenvalue weighted by atomic mass is 31.1. The molecule has 0 aromatic carbocycles. The maximum atomic E-state index is 4.16. The summed E-state index contributed by atoms with van der Waals surface area (Å²) in [5.41, 5.74) is 2.27. The molecule has 0 aromatic rings. The van der Waals surface area contributed by atoms with Gasteiger partial charge in [0.25, 0.3) is 0 Å². The molecule has 2 aliphatic carbocycles. The number of rotatable bonds is 7. The Labute approximate surface area is 134 Å².